The van der Waals surface area contributed by atoms with Crippen molar-refractivity contribution in [1.82, 2.24) is 0 Å². The first kappa shape index (κ1) is 13.3. The second-order valence-corrected chi connectivity index (χ2v) is 2.40. The third kappa shape index (κ3) is 8.69. The molecular weight excluding hydrogens is 160 g/mol. The minimum Gasteiger partial charge on any atom is -1.00 e. The maximum Gasteiger partial charge on any atom is 2.00 e. The van der Waals surface area contributed by atoms with Gasteiger partial charge in [0, 0.05) is 6.42 Å². The molecule has 0 aromatic carbocycles. The normalized spacial score (nSPS) is 8.80. The third-order valence-electron chi connectivity index (χ3n) is 1.03. The predicted octanol–water partition coefficient (Wildman–Crippen LogP) is 1.28. The van der Waals surface area contributed by atoms with E-state index in [1.807, 2.05) is 13.8 Å². The van der Waals surface area contributed by atoms with Crippen LogP contribution in [-0.4, -0.2) is 49.0 Å². The van der Waals surface area contributed by atoms with Crippen molar-refractivity contribution in [3.63, 3.8) is 0 Å². The summed E-state index contributed by atoms with van der Waals surface area (Å²) in [6, 6.07) is 0. The first-order valence-corrected chi connectivity index (χ1v) is 3.01. The number of carbonyl (C=O) groups is 1. The molecule has 0 unspecified atom stereocenters. The van der Waals surface area contributed by atoms with E-state index in [4.69, 9.17) is 5.26 Å². The molecule has 0 amide bonds. The van der Waals surface area contributed by atoms with Gasteiger partial charge < -0.3 is 7.74 Å². The molecule has 0 radical (unpaired) electrons. The molecule has 0 bridgehead atoms. The van der Waals surface area contributed by atoms with Gasteiger partial charge >= 0.3 is 43.7 Å². The van der Waals surface area contributed by atoms with Gasteiger partial charge in [0.05, 0.1) is 0 Å². The van der Waals surface area contributed by atoms with Gasteiger partial charge in [-0.05, 0) is 12.3 Å². The second-order valence-electron chi connectivity index (χ2n) is 2.40. The van der Waals surface area contributed by atoms with Crippen LogP contribution < -0.4 is 0 Å². The van der Waals surface area contributed by atoms with E-state index in [0.717, 1.165) is 6.42 Å². The summed E-state index contributed by atoms with van der Waals surface area (Å²) in [6.45, 7) is 4.01. The Balaban J connectivity index is -0.000000107. The van der Waals surface area contributed by atoms with Gasteiger partial charge in [0.25, 0.3) is 0 Å². The fraction of sp³-hybridized carbons (Fsp3) is 0.833. The number of carbonyl (C=O) groups excluding carboxylic acids is 1. The van der Waals surface area contributed by atoms with Crippen LogP contribution >= 0.6 is 0 Å². The Labute approximate surface area is 93.6 Å². The molecule has 0 spiro atoms. The molecule has 0 aromatic heterocycles. The first-order valence-electron chi connectivity index (χ1n) is 3.01. The molecule has 0 aliphatic rings. The van der Waals surface area contributed by atoms with Gasteiger partial charge in [-0.2, -0.15) is 5.26 Å². The molecule has 0 fully saturated rings. The van der Waals surface area contributed by atoms with Crippen LogP contribution in [0.5, 0.6) is 0 Å². The zero-order valence-corrected chi connectivity index (χ0v) is 8.67. The van der Waals surface area contributed by atoms with E-state index in [1.165, 1.54) is 0 Å². The van der Waals surface area contributed by atoms with Crippen LogP contribution in [0.15, 0.2) is 0 Å². The Morgan fingerprint density at radius 1 is 1.70 bits per heavy atom. The molecule has 0 aromatic rings. The SMILES string of the molecule is CC(C)CCC(=O)OO.[Ca+2].[H-].[H-]. The van der Waals surface area contributed by atoms with Gasteiger partial charge in [-0.15, -0.1) is 0 Å². The number of rotatable bonds is 3. The molecule has 0 saturated heterocycles. The minimum atomic E-state index is -0.552. The van der Waals surface area contributed by atoms with Gasteiger partial charge in [-0.3, -0.25) is 0 Å². The molecule has 0 heterocycles. The topological polar surface area (TPSA) is 46.5 Å². The van der Waals surface area contributed by atoms with Gasteiger partial charge in [0.2, 0.25) is 0 Å². The van der Waals surface area contributed by atoms with Gasteiger partial charge in [0.15, 0.2) is 0 Å². The molecule has 1 N–H and O–H groups in total. The molecular formula is C6H14CaO3. The summed E-state index contributed by atoms with van der Waals surface area (Å²) in [7, 11) is 0. The third-order valence-corrected chi connectivity index (χ3v) is 1.03. The first-order chi connectivity index (χ1) is 4.16. The van der Waals surface area contributed by atoms with Crippen molar-refractivity contribution >= 4 is 43.7 Å². The molecule has 0 aliphatic carbocycles. The Morgan fingerprint density at radius 2 is 2.20 bits per heavy atom. The Kier molecular flexibility index (Phi) is 10.4. The summed E-state index contributed by atoms with van der Waals surface area (Å²) in [5.74, 6) is -0.0761. The van der Waals surface area contributed by atoms with E-state index >= 15 is 0 Å². The summed E-state index contributed by atoms with van der Waals surface area (Å²) in [5, 5.41) is 7.80. The summed E-state index contributed by atoms with van der Waals surface area (Å²) in [4.78, 5) is 13.7. The van der Waals surface area contributed by atoms with Gasteiger partial charge in [-0.1, -0.05) is 13.8 Å². The van der Waals surface area contributed by atoms with Crippen molar-refractivity contribution < 1.29 is 17.8 Å². The molecule has 0 aliphatic heterocycles. The van der Waals surface area contributed by atoms with Crippen LogP contribution in [-0.2, 0) is 9.68 Å². The summed E-state index contributed by atoms with van der Waals surface area (Å²) < 4.78 is 0. The maximum atomic E-state index is 10.2. The zero-order chi connectivity index (χ0) is 7.28. The molecule has 58 valence electrons. The molecule has 0 atom stereocenters. The Morgan fingerprint density at radius 3 is 2.50 bits per heavy atom. The van der Waals surface area contributed by atoms with E-state index in [-0.39, 0.29) is 40.6 Å². The summed E-state index contributed by atoms with van der Waals surface area (Å²) in [5.41, 5.74) is 0. The minimum absolute atomic E-state index is 0. The number of hydrogen-bond donors (Lipinski definition) is 1. The molecule has 0 saturated carbocycles. The van der Waals surface area contributed by atoms with E-state index in [9.17, 15) is 4.79 Å². The average molecular weight is 174 g/mol. The summed E-state index contributed by atoms with van der Waals surface area (Å²) >= 11 is 0. The Bertz CT molecular complexity index is 101. The van der Waals surface area contributed by atoms with Crippen LogP contribution in [0.2, 0.25) is 0 Å². The van der Waals surface area contributed by atoms with Crippen molar-refractivity contribution in [1.29, 1.82) is 0 Å². The average Bonchev–Trinajstić information content (AvgIpc) is 1.83. The molecule has 0 rings (SSSR count). The fourth-order valence-electron chi connectivity index (χ4n) is 0.452. The molecule has 3 nitrogen and oxygen atoms in total. The molecule has 4 heteroatoms. The van der Waals surface area contributed by atoms with Crippen molar-refractivity contribution in [2.75, 3.05) is 0 Å². The quantitative estimate of drug-likeness (QED) is 0.398. The Hall–Kier alpha value is 0.690. The van der Waals surface area contributed by atoms with Gasteiger partial charge in [-0.25, -0.2) is 4.79 Å². The number of hydrogen-bond acceptors (Lipinski definition) is 3. The van der Waals surface area contributed by atoms with E-state index < -0.39 is 5.97 Å². The van der Waals surface area contributed by atoms with E-state index in [2.05, 4.69) is 4.89 Å². The van der Waals surface area contributed by atoms with Crippen molar-refractivity contribution in [3.05, 3.63) is 0 Å². The zero-order valence-electron chi connectivity index (χ0n) is 8.46. The van der Waals surface area contributed by atoms with Crippen LogP contribution in [0.3, 0.4) is 0 Å². The van der Waals surface area contributed by atoms with Crippen LogP contribution in [0, 0.1) is 5.92 Å². The van der Waals surface area contributed by atoms with Crippen LogP contribution in [0.4, 0.5) is 0 Å². The van der Waals surface area contributed by atoms with Crippen molar-refractivity contribution in [3.8, 4) is 0 Å². The van der Waals surface area contributed by atoms with Gasteiger partial charge in [0.1, 0.15) is 0 Å². The second kappa shape index (κ2) is 7.79. The fourth-order valence-corrected chi connectivity index (χ4v) is 0.452. The van der Waals surface area contributed by atoms with Crippen LogP contribution in [0.25, 0.3) is 0 Å². The molecule has 10 heavy (non-hydrogen) atoms. The van der Waals surface area contributed by atoms with Crippen LogP contribution in [0.1, 0.15) is 29.5 Å². The maximum absolute atomic E-state index is 10.2. The van der Waals surface area contributed by atoms with Crippen molar-refractivity contribution in [2.24, 2.45) is 5.92 Å². The smallest absolute Gasteiger partial charge is 1.00 e. The summed E-state index contributed by atoms with van der Waals surface area (Å²) in [6.07, 6.45) is 1.06. The largest absolute Gasteiger partial charge is 2.00 e. The standard InChI is InChI=1S/C6H12O3.Ca.2H/c1-5(2)3-4-6(7)9-8;;;/h5,8H,3-4H2,1-2H3;;;/q;+2;2*-1. The van der Waals surface area contributed by atoms with Crippen molar-refractivity contribution in [2.45, 2.75) is 26.7 Å². The van der Waals surface area contributed by atoms with E-state index in [1.54, 1.807) is 0 Å². The van der Waals surface area contributed by atoms with E-state index in [0.29, 0.717) is 12.3 Å². The predicted molar refractivity (Wildman–Crippen MR) is 40.8 cm³/mol. The monoisotopic (exact) mass is 174 g/mol.